The summed E-state index contributed by atoms with van der Waals surface area (Å²) >= 11 is 0. The van der Waals surface area contributed by atoms with Crippen molar-refractivity contribution in [2.24, 2.45) is 4.99 Å². The minimum atomic E-state index is 0. The zero-order valence-corrected chi connectivity index (χ0v) is 17.0. The van der Waals surface area contributed by atoms with Crippen LogP contribution in [-0.2, 0) is 13.1 Å². The molecule has 2 rings (SSSR count). The van der Waals surface area contributed by atoms with Crippen LogP contribution in [0.25, 0.3) is 0 Å². The number of benzene rings is 1. The number of nitrogens with one attached hydrogen (secondary N) is 2. The third kappa shape index (κ3) is 6.51. The van der Waals surface area contributed by atoms with Gasteiger partial charge in [-0.05, 0) is 25.8 Å². The van der Waals surface area contributed by atoms with E-state index in [1.165, 1.54) is 5.56 Å². The molecule has 1 aromatic carbocycles. The lowest BCUT2D eigenvalue weighted by molar-refractivity contribution is 0.622. The van der Waals surface area contributed by atoms with E-state index >= 15 is 0 Å². The lowest BCUT2D eigenvalue weighted by Crippen LogP contribution is -2.42. The van der Waals surface area contributed by atoms with E-state index < -0.39 is 0 Å². The summed E-state index contributed by atoms with van der Waals surface area (Å²) in [4.78, 5) is 9.10. The van der Waals surface area contributed by atoms with Crippen LogP contribution in [0.4, 0.5) is 0 Å². The first-order chi connectivity index (χ1) is 11.2. The van der Waals surface area contributed by atoms with Crippen LogP contribution < -0.4 is 10.6 Å². The molecule has 1 aromatic heterocycles. The Kier molecular flexibility index (Phi) is 9.44. The standard InChI is InChI=1S/C18H27N5.HI/c1-4-15(3)22-18(19-5-2)21-13-17-20-11-12-23(17)14-16-9-7-6-8-10-16;/h6-12,15H,4-5,13-14H2,1-3H3,(H2,19,21,22);1H. The van der Waals surface area contributed by atoms with E-state index in [0.29, 0.717) is 12.6 Å². The Balaban J connectivity index is 0.00000288. The number of aromatic nitrogens is 2. The fourth-order valence-corrected chi connectivity index (χ4v) is 2.22. The van der Waals surface area contributed by atoms with Crippen molar-refractivity contribution in [1.82, 2.24) is 20.2 Å². The smallest absolute Gasteiger partial charge is 0.191 e. The average molecular weight is 441 g/mol. The van der Waals surface area contributed by atoms with Gasteiger partial charge in [-0.2, -0.15) is 0 Å². The molecule has 0 saturated carbocycles. The number of hydrogen-bond acceptors (Lipinski definition) is 2. The SMILES string of the molecule is CCNC(=NCc1nccn1Cc1ccccc1)NC(C)CC.I. The van der Waals surface area contributed by atoms with E-state index in [-0.39, 0.29) is 24.0 Å². The number of hydrogen-bond donors (Lipinski definition) is 2. The normalized spacial score (nSPS) is 12.4. The maximum Gasteiger partial charge on any atom is 0.191 e. The lowest BCUT2D eigenvalue weighted by atomic mass is 10.2. The average Bonchev–Trinajstić information content (AvgIpc) is 3.00. The quantitative estimate of drug-likeness (QED) is 0.394. The molecule has 0 saturated heterocycles. The minimum absolute atomic E-state index is 0. The van der Waals surface area contributed by atoms with Gasteiger partial charge in [-0.25, -0.2) is 9.98 Å². The predicted octanol–water partition coefficient (Wildman–Crippen LogP) is 3.40. The molecule has 0 fully saturated rings. The van der Waals surface area contributed by atoms with Crippen molar-refractivity contribution in [3.8, 4) is 0 Å². The van der Waals surface area contributed by atoms with E-state index in [1.54, 1.807) is 0 Å². The van der Waals surface area contributed by atoms with Crippen molar-refractivity contribution in [1.29, 1.82) is 0 Å². The molecular weight excluding hydrogens is 413 g/mol. The first-order valence-electron chi connectivity index (χ1n) is 8.31. The fraction of sp³-hybridized carbons (Fsp3) is 0.444. The van der Waals surface area contributed by atoms with Crippen molar-refractivity contribution >= 4 is 29.9 Å². The molecule has 0 amide bonds. The Morgan fingerprint density at radius 2 is 2.00 bits per heavy atom. The number of halogens is 1. The first kappa shape index (κ1) is 20.5. The van der Waals surface area contributed by atoms with Gasteiger partial charge in [-0.3, -0.25) is 0 Å². The highest BCUT2D eigenvalue weighted by molar-refractivity contribution is 14.0. The van der Waals surface area contributed by atoms with Crippen LogP contribution in [0.2, 0.25) is 0 Å². The maximum absolute atomic E-state index is 4.66. The molecule has 1 heterocycles. The van der Waals surface area contributed by atoms with Crippen LogP contribution in [0.5, 0.6) is 0 Å². The highest BCUT2D eigenvalue weighted by Gasteiger charge is 2.06. The van der Waals surface area contributed by atoms with Gasteiger partial charge in [-0.1, -0.05) is 37.3 Å². The molecule has 1 unspecified atom stereocenters. The molecule has 2 aromatic rings. The Morgan fingerprint density at radius 1 is 1.25 bits per heavy atom. The van der Waals surface area contributed by atoms with E-state index in [4.69, 9.17) is 0 Å². The van der Waals surface area contributed by atoms with Crippen LogP contribution in [0.1, 0.15) is 38.6 Å². The molecule has 24 heavy (non-hydrogen) atoms. The van der Waals surface area contributed by atoms with E-state index in [0.717, 1.165) is 31.3 Å². The van der Waals surface area contributed by atoms with E-state index in [1.807, 2.05) is 18.5 Å². The van der Waals surface area contributed by atoms with Gasteiger partial charge in [0.2, 0.25) is 0 Å². The minimum Gasteiger partial charge on any atom is -0.357 e. The number of guanidine groups is 1. The largest absolute Gasteiger partial charge is 0.357 e. The molecule has 5 nitrogen and oxygen atoms in total. The topological polar surface area (TPSA) is 54.2 Å². The van der Waals surface area contributed by atoms with Crippen LogP contribution in [-0.4, -0.2) is 28.1 Å². The molecule has 0 bridgehead atoms. The fourth-order valence-electron chi connectivity index (χ4n) is 2.22. The van der Waals surface area contributed by atoms with Gasteiger partial charge in [0, 0.05) is 31.5 Å². The van der Waals surface area contributed by atoms with Crippen molar-refractivity contribution in [3.05, 3.63) is 54.1 Å². The molecule has 0 radical (unpaired) electrons. The van der Waals surface area contributed by atoms with Crippen molar-refractivity contribution in [2.45, 2.75) is 46.3 Å². The van der Waals surface area contributed by atoms with Crippen molar-refractivity contribution < 1.29 is 0 Å². The Morgan fingerprint density at radius 3 is 2.67 bits per heavy atom. The van der Waals surface area contributed by atoms with Gasteiger partial charge >= 0.3 is 0 Å². The number of imidazole rings is 1. The van der Waals surface area contributed by atoms with Crippen molar-refractivity contribution in [3.63, 3.8) is 0 Å². The lowest BCUT2D eigenvalue weighted by Gasteiger charge is -2.16. The Labute approximate surface area is 162 Å². The second kappa shape index (κ2) is 11.1. The summed E-state index contributed by atoms with van der Waals surface area (Å²) in [6.07, 6.45) is 4.91. The Hall–Kier alpha value is -1.57. The number of rotatable bonds is 7. The summed E-state index contributed by atoms with van der Waals surface area (Å²) in [5, 5.41) is 6.68. The zero-order valence-electron chi connectivity index (χ0n) is 14.7. The van der Waals surface area contributed by atoms with Gasteiger partial charge in [0.15, 0.2) is 5.96 Å². The first-order valence-corrected chi connectivity index (χ1v) is 8.31. The molecule has 132 valence electrons. The van der Waals surface area contributed by atoms with Crippen molar-refractivity contribution in [2.75, 3.05) is 6.54 Å². The number of nitrogens with zero attached hydrogens (tertiary/aromatic N) is 3. The molecule has 0 spiro atoms. The third-order valence-corrected chi connectivity index (χ3v) is 3.72. The maximum atomic E-state index is 4.66. The van der Waals surface area contributed by atoms with Gasteiger partial charge in [0.25, 0.3) is 0 Å². The second-order valence-corrected chi connectivity index (χ2v) is 5.61. The second-order valence-electron chi connectivity index (χ2n) is 5.61. The highest BCUT2D eigenvalue weighted by Crippen LogP contribution is 2.06. The predicted molar refractivity (Wildman–Crippen MR) is 111 cm³/mol. The highest BCUT2D eigenvalue weighted by atomic mass is 127. The molecule has 2 N–H and O–H groups in total. The van der Waals surface area contributed by atoms with Gasteiger partial charge in [-0.15, -0.1) is 24.0 Å². The van der Waals surface area contributed by atoms with E-state index in [2.05, 4.69) is 70.2 Å². The van der Waals surface area contributed by atoms with Gasteiger partial charge < -0.3 is 15.2 Å². The van der Waals surface area contributed by atoms with Crippen LogP contribution in [0.3, 0.4) is 0 Å². The summed E-state index contributed by atoms with van der Waals surface area (Å²) in [5.74, 6) is 1.81. The van der Waals surface area contributed by atoms with Gasteiger partial charge in [0.1, 0.15) is 12.4 Å². The summed E-state index contributed by atoms with van der Waals surface area (Å²) < 4.78 is 2.14. The monoisotopic (exact) mass is 441 g/mol. The van der Waals surface area contributed by atoms with Crippen LogP contribution in [0, 0.1) is 0 Å². The summed E-state index contributed by atoms with van der Waals surface area (Å²) in [7, 11) is 0. The van der Waals surface area contributed by atoms with E-state index in [9.17, 15) is 0 Å². The zero-order chi connectivity index (χ0) is 16.5. The summed E-state index contributed by atoms with van der Waals surface area (Å²) in [6, 6.07) is 10.8. The molecule has 0 aliphatic heterocycles. The summed E-state index contributed by atoms with van der Waals surface area (Å²) in [6.45, 7) is 8.62. The molecule has 0 aliphatic carbocycles. The number of aliphatic imine (C=N–C) groups is 1. The molecule has 6 heteroatoms. The van der Waals surface area contributed by atoms with Crippen LogP contribution in [0.15, 0.2) is 47.7 Å². The van der Waals surface area contributed by atoms with Gasteiger partial charge in [0.05, 0.1) is 0 Å². The molecular formula is C18H28IN5. The summed E-state index contributed by atoms with van der Waals surface area (Å²) in [5.41, 5.74) is 1.26. The molecule has 0 aliphatic rings. The molecule has 1 atom stereocenters. The third-order valence-electron chi connectivity index (χ3n) is 3.72. The Bertz CT molecular complexity index is 609. The van der Waals surface area contributed by atoms with Crippen LogP contribution >= 0.6 is 24.0 Å².